The summed E-state index contributed by atoms with van der Waals surface area (Å²) < 4.78 is 74.4. The lowest BCUT2D eigenvalue weighted by Crippen LogP contribution is -2.41. The minimum Gasteiger partial charge on any atom is -0.489 e. The number of halogens is 4. The number of carbonyl (C=O) groups is 2. The SMILES string of the molecule is Cc1cccc(S(=O)(=O)N2CCOc3ccc(C(=O)N[C@@H](CC(=O)NC[C@@H](N)CO)c4cc(C(F)(F)F)ccc4Cl)cc32)c1. The van der Waals surface area contributed by atoms with Gasteiger partial charge in [-0.25, -0.2) is 8.42 Å². The van der Waals surface area contributed by atoms with Gasteiger partial charge in [0.1, 0.15) is 12.4 Å². The predicted octanol–water partition coefficient (Wildman–Crippen LogP) is 3.55. The lowest BCUT2D eigenvalue weighted by molar-refractivity contribution is -0.137. The first-order chi connectivity index (χ1) is 20.7. The molecular formula is C29H30ClF3N4O6S. The number of carbonyl (C=O) groups excluding carboxylic acids is 2. The van der Waals surface area contributed by atoms with Crippen molar-refractivity contribution in [2.24, 2.45) is 5.73 Å². The number of fused-ring (bicyclic) bond motifs is 1. The monoisotopic (exact) mass is 654 g/mol. The first-order valence-corrected chi connectivity index (χ1v) is 15.2. The number of nitrogens with zero attached hydrogens (tertiary/aromatic N) is 1. The summed E-state index contributed by atoms with van der Waals surface area (Å²) in [6.45, 7) is 1.24. The van der Waals surface area contributed by atoms with Crippen molar-refractivity contribution in [3.63, 3.8) is 0 Å². The minimum absolute atomic E-state index is 0.0348. The molecule has 0 bridgehead atoms. The van der Waals surface area contributed by atoms with E-state index in [0.29, 0.717) is 0 Å². The van der Waals surface area contributed by atoms with Crippen LogP contribution in [0.3, 0.4) is 0 Å². The van der Waals surface area contributed by atoms with Crippen LogP contribution in [-0.2, 0) is 21.0 Å². The van der Waals surface area contributed by atoms with Crippen molar-refractivity contribution in [3.8, 4) is 5.75 Å². The molecule has 3 aromatic carbocycles. The number of ether oxygens (including phenoxy) is 1. The number of nitrogens with two attached hydrogens (primary N) is 1. The predicted molar refractivity (Wildman–Crippen MR) is 157 cm³/mol. The Hall–Kier alpha value is -3.85. The molecule has 0 saturated heterocycles. The summed E-state index contributed by atoms with van der Waals surface area (Å²) in [5.41, 5.74) is 5.19. The normalized spacial score (nSPS) is 14.7. The van der Waals surface area contributed by atoms with Gasteiger partial charge >= 0.3 is 6.18 Å². The molecule has 1 heterocycles. The standard InChI is InChI=1S/C29H30ClF3N4O6S/c1-17-3-2-4-21(11-17)44(41,42)37-9-10-43-26-8-5-18(12-25(26)37)28(40)36-24(14-27(39)35-15-20(34)16-38)22-13-19(29(31,32)33)6-7-23(22)30/h2-8,11-13,20,24,38H,9-10,14-16,34H2,1H3,(H,35,39)(H,36,40)/t20-,24+/m1/s1. The zero-order chi connectivity index (χ0) is 32.2. The molecule has 3 aromatic rings. The average molecular weight is 655 g/mol. The highest BCUT2D eigenvalue weighted by atomic mass is 35.5. The zero-order valence-electron chi connectivity index (χ0n) is 23.4. The van der Waals surface area contributed by atoms with Gasteiger partial charge in [0, 0.05) is 23.2 Å². The van der Waals surface area contributed by atoms with Crippen molar-refractivity contribution in [1.29, 1.82) is 0 Å². The van der Waals surface area contributed by atoms with E-state index in [2.05, 4.69) is 10.6 Å². The second kappa shape index (κ2) is 13.4. The van der Waals surface area contributed by atoms with Gasteiger partial charge in [-0.1, -0.05) is 23.7 Å². The molecule has 10 nitrogen and oxygen atoms in total. The fourth-order valence-electron chi connectivity index (χ4n) is 4.52. The number of aliphatic hydroxyl groups excluding tert-OH is 1. The summed E-state index contributed by atoms with van der Waals surface area (Å²) >= 11 is 6.24. The van der Waals surface area contributed by atoms with Gasteiger partial charge in [-0.15, -0.1) is 0 Å². The third-order valence-corrected chi connectivity index (χ3v) is 8.96. The van der Waals surface area contributed by atoms with Crippen molar-refractivity contribution < 1.29 is 41.0 Å². The van der Waals surface area contributed by atoms with Crippen LogP contribution in [0.2, 0.25) is 5.02 Å². The second-order valence-electron chi connectivity index (χ2n) is 10.1. The number of hydrogen-bond acceptors (Lipinski definition) is 7. The fraction of sp³-hybridized carbons (Fsp3) is 0.310. The van der Waals surface area contributed by atoms with E-state index in [1.54, 1.807) is 19.1 Å². The van der Waals surface area contributed by atoms with Crippen molar-refractivity contribution in [1.82, 2.24) is 10.6 Å². The first-order valence-electron chi connectivity index (χ1n) is 13.4. The van der Waals surface area contributed by atoms with Gasteiger partial charge in [-0.2, -0.15) is 13.2 Å². The Bertz CT molecular complexity index is 1650. The topological polar surface area (TPSA) is 151 Å². The third kappa shape index (κ3) is 7.62. The van der Waals surface area contributed by atoms with Gasteiger partial charge in [0.2, 0.25) is 5.91 Å². The van der Waals surface area contributed by atoms with Gasteiger partial charge in [-0.05, 0) is 66.6 Å². The quantitative estimate of drug-likeness (QED) is 0.261. The van der Waals surface area contributed by atoms with Crippen LogP contribution in [0.1, 0.15) is 39.5 Å². The van der Waals surface area contributed by atoms with Crippen molar-refractivity contribution in [2.45, 2.75) is 36.5 Å². The average Bonchev–Trinajstić information content (AvgIpc) is 2.98. The van der Waals surface area contributed by atoms with Crippen LogP contribution in [0.4, 0.5) is 18.9 Å². The van der Waals surface area contributed by atoms with Crippen LogP contribution < -0.4 is 25.4 Å². The molecule has 236 valence electrons. The number of alkyl halides is 3. The summed E-state index contributed by atoms with van der Waals surface area (Å²) in [7, 11) is -4.05. The Labute approximate surface area is 257 Å². The van der Waals surface area contributed by atoms with Crippen molar-refractivity contribution in [3.05, 3.63) is 87.9 Å². The molecular weight excluding hydrogens is 625 g/mol. The van der Waals surface area contributed by atoms with Crippen LogP contribution in [0.5, 0.6) is 5.75 Å². The van der Waals surface area contributed by atoms with E-state index in [0.717, 1.165) is 28.1 Å². The van der Waals surface area contributed by atoms with E-state index in [1.807, 2.05) is 0 Å². The van der Waals surface area contributed by atoms with E-state index in [4.69, 9.17) is 27.2 Å². The van der Waals surface area contributed by atoms with Crippen molar-refractivity contribution in [2.75, 3.05) is 30.6 Å². The molecule has 1 aliphatic heterocycles. The third-order valence-electron chi connectivity index (χ3n) is 6.81. The number of benzene rings is 3. The lowest BCUT2D eigenvalue weighted by Gasteiger charge is -2.31. The van der Waals surface area contributed by atoms with Gasteiger partial charge in [0.15, 0.2) is 0 Å². The minimum atomic E-state index is -4.73. The van der Waals surface area contributed by atoms with Crippen molar-refractivity contribution >= 4 is 39.1 Å². The maximum atomic E-state index is 13.5. The Morgan fingerprint density at radius 1 is 1.14 bits per heavy atom. The number of hydrogen-bond donors (Lipinski definition) is 4. The largest absolute Gasteiger partial charge is 0.489 e. The molecule has 0 aromatic heterocycles. The van der Waals surface area contributed by atoms with Gasteiger partial charge in [0.25, 0.3) is 15.9 Å². The second-order valence-corrected chi connectivity index (χ2v) is 12.4. The van der Waals surface area contributed by atoms with Crippen LogP contribution in [-0.4, -0.2) is 57.7 Å². The molecule has 0 saturated carbocycles. The molecule has 0 radical (unpaired) electrons. The van der Waals surface area contributed by atoms with Gasteiger partial charge in [-0.3, -0.25) is 13.9 Å². The van der Waals surface area contributed by atoms with E-state index in [-0.39, 0.29) is 52.2 Å². The Morgan fingerprint density at radius 3 is 2.57 bits per heavy atom. The first kappa shape index (κ1) is 33.1. The molecule has 2 amide bonds. The highest BCUT2D eigenvalue weighted by Crippen LogP contribution is 2.37. The molecule has 0 spiro atoms. The number of aryl methyl sites for hydroxylation is 1. The van der Waals surface area contributed by atoms with Gasteiger partial charge < -0.3 is 26.2 Å². The van der Waals surface area contributed by atoms with E-state index >= 15 is 0 Å². The maximum absolute atomic E-state index is 13.5. The zero-order valence-corrected chi connectivity index (χ0v) is 25.0. The molecule has 0 fully saturated rings. The molecule has 0 aliphatic carbocycles. The summed E-state index contributed by atoms with van der Waals surface area (Å²) in [5, 5.41) is 14.0. The Morgan fingerprint density at radius 2 is 1.89 bits per heavy atom. The Balaban J connectivity index is 1.67. The highest BCUT2D eigenvalue weighted by Gasteiger charge is 2.34. The number of sulfonamides is 1. The number of rotatable bonds is 10. The van der Waals surface area contributed by atoms with E-state index < -0.39 is 58.7 Å². The molecule has 1 aliphatic rings. The fourth-order valence-corrected chi connectivity index (χ4v) is 6.33. The smallest absolute Gasteiger partial charge is 0.416 e. The molecule has 0 unspecified atom stereocenters. The molecule has 44 heavy (non-hydrogen) atoms. The molecule has 2 atom stereocenters. The maximum Gasteiger partial charge on any atom is 0.416 e. The van der Waals surface area contributed by atoms with Crippen LogP contribution >= 0.6 is 11.6 Å². The molecule has 15 heteroatoms. The van der Waals surface area contributed by atoms with E-state index in [9.17, 15) is 31.2 Å². The summed E-state index contributed by atoms with van der Waals surface area (Å²) in [6, 6.07) is 10.8. The van der Waals surface area contributed by atoms with E-state index in [1.165, 1.54) is 30.3 Å². The van der Waals surface area contributed by atoms with Crippen LogP contribution in [0, 0.1) is 6.92 Å². The summed E-state index contributed by atoms with van der Waals surface area (Å²) in [5.74, 6) is -1.28. The summed E-state index contributed by atoms with van der Waals surface area (Å²) in [6.07, 6.45) is -5.25. The number of aliphatic hydroxyl groups is 1. The lowest BCUT2D eigenvalue weighted by atomic mass is 9.99. The highest BCUT2D eigenvalue weighted by molar-refractivity contribution is 7.92. The number of nitrogens with one attached hydrogen (secondary N) is 2. The van der Waals surface area contributed by atoms with Crippen LogP contribution in [0.15, 0.2) is 65.6 Å². The molecule has 4 rings (SSSR count). The summed E-state index contributed by atoms with van der Waals surface area (Å²) in [4.78, 5) is 26.3. The Kier molecular flexibility index (Phi) is 10.1. The number of amides is 2. The van der Waals surface area contributed by atoms with Crippen LogP contribution in [0.25, 0.3) is 0 Å². The molecule has 5 N–H and O–H groups in total. The number of anilines is 1. The van der Waals surface area contributed by atoms with Gasteiger partial charge in [0.05, 0.1) is 41.8 Å².